The zero-order valence-corrected chi connectivity index (χ0v) is 21.1. The average molecular weight is 491 g/mol. The van der Waals surface area contributed by atoms with Gasteiger partial charge in [0.2, 0.25) is 11.8 Å². The molecule has 3 fully saturated rings. The van der Waals surface area contributed by atoms with Crippen LogP contribution < -0.4 is 10.1 Å². The van der Waals surface area contributed by atoms with Gasteiger partial charge in [-0.15, -0.1) is 11.8 Å². The summed E-state index contributed by atoms with van der Waals surface area (Å²) >= 11 is 1.59. The van der Waals surface area contributed by atoms with E-state index in [1.807, 2.05) is 13.8 Å². The van der Waals surface area contributed by atoms with Gasteiger partial charge in [0.05, 0.1) is 42.9 Å². The molecule has 2 amide bonds. The van der Waals surface area contributed by atoms with Crippen molar-refractivity contribution in [3.8, 4) is 5.75 Å². The van der Waals surface area contributed by atoms with Crippen LogP contribution in [-0.2, 0) is 19.1 Å². The van der Waals surface area contributed by atoms with Gasteiger partial charge in [-0.2, -0.15) is 0 Å². The Balaban J connectivity index is 1.76. The highest BCUT2D eigenvalue weighted by Crippen LogP contribution is 2.69. The van der Waals surface area contributed by atoms with Crippen molar-refractivity contribution in [3.63, 3.8) is 0 Å². The summed E-state index contributed by atoms with van der Waals surface area (Å²) in [5.41, 5.74) is 0.593. The predicted octanol–water partition coefficient (Wildman–Crippen LogP) is 2.55. The van der Waals surface area contributed by atoms with Gasteiger partial charge in [0.1, 0.15) is 11.8 Å². The van der Waals surface area contributed by atoms with Crippen LogP contribution in [0.15, 0.2) is 24.3 Å². The number of aliphatic hydroxyl groups is 1. The Morgan fingerprint density at radius 3 is 2.53 bits per heavy atom. The molecule has 7 atom stereocenters. The zero-order chi connectivity index (χ0) is 24.8. The van der Waals surface area contributed by atoms with Gasteiger partial charge < -0.3 is 24.8 Å². The van der Waals surface area contributed by atoms with Crippen molar-refractivity contribution < 1.29 is 29.0 Å². The fraction of sp³-hybridized carbons (Fsp3) is 0.640. The van der Waals surface area contributed by atoms with Crippen molar-refractivity contribution in [1.82, 2.24) is 4.90 Å². The van der Waals surface area contributed by atoms with Gasteiger partial charge in [-0.3, -0.25) is 14.4 Å². The molecule has 0 saturated carbocycles. The van der Waals surface area contributed by atoms with E-state index in [0.29, 0.717) is 11.4 Å². The molecule has 3 aliphatic heterocycles. The van der Waals surface area contributed by atoms with Crippen molar-refractivity contribution in [3.05, 3.63) is 24.3 Å². The maximum absolute atomic E-state index is 14.0. The molecular weight excluding hydrogens is 456 g/mol. The summed E-state index contributed by atoms with van der Waals surface area (Å²) < 4.78 is 9.81. The molecule has 1 aromatic carbocycles. The molecule has 3 heterocycles. The lowest BCUT2D eigenvalue weighted by atomic mass is 9.66. The number of aliphatic hydroxyl groups excluding tert-OH is 1. The number of amides is 2. The molecule has 1 spiro atoms. The first-order valence-electron chi connectivity index (χ1n) is 11.9. The number of methoxy groups -OCH3 is 1. The number of esters is 1. The summed E-state index contributed by atoms with van der Waals surface area (Å²) in [5.74, 6) is -1.49. The van der Waals surface area contributed by atoms with Crippen LogP contribution in [0.5, 0.6) is 5.75 Å². The lowest BCUT2D eigenvalue weighted by Crippen LogP contribution is -2.57. The molecule has 2 bridgehead atoms. The van der Waals surface area contributed by atoms with Crippen molar-refractivity contribution in [2.24, 2.45) is 23.7 Å². The van der Waals surface area contributed by atoms with Crippen LogP contribution in [0.2, 0.25) is 0 Å². The van der Waals surface area contributed by atoms with Gasteiger partial charge in [0, 0.05) is 10.9 Å². The number of hydrogen-bond donors (Lipinski definition) is 2. The van der Waals surface area contributed by atoms with E-state index in [4.69, 9.17) is 9.47 Å². The first kappa shape index (κ1) is 24.9. The maximum Gasteiger partial charge on any atom is 0.310 e. The lowest BCUT2D eigenvalue weighted by Gasteiger charge is -2.40. The van der Waals surface area contributed by atoms with Crippen molar-refractivity contribution in [2.45, 2.75) is 56.2 Å². The molecule has 3 aliphatic rings. The normalized spacial score (nSPS) is 32.6. The Morgan fingerprint density at radius 2 is 1.97 bits per heavy atom. The Hall–Kier alpha value is -2.26. The quantitative estimate of drug-likeness (QED) is 0.540. The van der Waals surface area contributed by atoms with Crippen molar-refractivity contribution in [2.75, 3.05) is 25.6 Å². The van der Waals surface area contributed by atoms with Gasteiger partial charge in [0.15, 0.2) is 0 Å². The molecule has 0 radical (unpaired) electrons. The third-order valence-corrected chi connectivity index (χ3v) is 9.74. The van der Waals surface area contributed by atoms with E-state index in [-0.39, 0.29) is 48.1 Å². The second-order valence-electron chi connectivity index (χ2n) is 9.76. The molecule has 1 aromatic rings. The summed E-state index contributed by atoms with van der Waals surface area (Å²) in [6.45, 7) is 7.66. The molecule has 4 rings (SSSR count). The fourth-order valence-electron chi connectivity index (χ4n) is 6.13. The van der Waals surface area contributed by atoms with Crippen LogP contribution in [0.1, 0.15) is 34.1 Å². The molecule has 34 heavy (non-hydrogen) atoms. The second-order valence-corrected chi connectivity index (χ2v) is 11.3. The van der Waals surface area contributed by atoms with Crippen LogP contribution in [-0.4, -0.2) is 70.2 Å². The van der Waals surface area contributed by atoms with Crippen LogP contribution in [0.4, 0.5) is 5.69 Å². The van der Waals surface area contributed by atoms with Gasteiger partial charge >= 0.3 is 5.97 Å². The molecule has 8 nitrogen and oxygen atoms in total. The Labute approximate surface area is 204 Å². The highest BCUT2D eigenvalue weighted by atomic mass is 32.2. The Morgan fingerprint density at radius 1 is 1.29 bits per heavy atom. The van der Waals surface area contributed by atoms with Gasteiger partial charge in [0.25, 0.3) is 0 Å². The topological polar surface area (TPSA) is 105 Å². The highest BCUT2D eigenvalue weighted by Gasteiger charge is 2.77. The van der Waals surface area contributed by atoms with Crippen molar-refractivity contribution >= 4 is 35.2 Å². The zero-order valence-electron chi connectivity index (χ0n) is 20.3. The highest BCUT2D eigenvalue weighted by molar-refractivity contribution is 8.02. The maximum atomic E-state index is 14.0. The second kappa shape index (κ2) is 9.41. The summed E-state index contributed by atoms with van der Waals surface area (Å²) in [4.78, 5) is 42.4. The molecule has 9 heteroatoms. The Kier molecular flexibility index (Phi) is 6.88. The SMILES string of the molecule is CCOC(=O)[C@@H]1[C@H]2C(=O)N([C@@H](CO)C(C)C)C(C(=O)Nc3ccc(OC)cc3)C23S[C@@H]1CC3C. The standard InChI is InChI=1S/C25H34N2O6S/c1-6-33-24(31)19-18-11-14(4)25(34-18)20(19)23(30)27(17(12-28)13(2)3)21(25)22(29)26-15-7-9-16(32-5)10-8-15/h7-10,13-14,17-21,28H,6,11-12H2,1-5H3,(H,26,29)/t14?,17-,18+,19-,20-,21?,25?/m0/s1. The lowest BCUT2D eigenvalue weighted by molar-refractivity contribution is -0.154. The predicted molar refractivity (Wildman–Crippen MR) is 129 cm³/mol. The minimum Gasteiger partial charge on any atom is -0.497 e. The molecule has 2 N–H and O–H groups in total. The minimum absolute atomic E-state index is 0.0465. The number of likely N-dealkylation sites (tertiary alicyclic amines) is 1. The first-order chi connectivity index (χ1) is 16.2. The third kappa shape index (κ3) is 3.68. The number of ether oxygens (including phenoxy) is 2. The van der Waals surface area contributed by atoms with E-state index in [1.165, 1.54) is 0 Å². The molecule has 186 valence electrons. The summed E-state index contributed by atoms with van der Waals surface area (Å²) in [6, 6.07) is 5.68. The summed E-state index contributed by atoms with van der Waals surface area (Å²) in [5, 5.41) is 13.2. The van der Waals surface area contributed by atoms with E-state index in [0.717, 1.165) is 6.42 Å². The largest absolute Gasteiger partial charge is 0.497 e. The molecule has 0 aromatic heterocycles. The average Bonchev–Trinajstić information content (AvgIpc) is 3.39. The number of benzene rings is 1. The monoisotopic (exact) mass is 490 g/mol. The van der Waals surface area contributed by atoms with Crippen LogP contribution in [0.3, 0.4) is 0 Å². The van der Waals surface area contributed by atoms with E-state index >= 15 is 0 Å². The van der Waals surface area contributed by atoms with Crippen LogP contribution >= 0.6 is 11.8 Å². The van der Waals surface area contributed by atoms with Gasteiger partial charge in [-0.1, -0.05) is 20.8 Å². The van der Waals surface area contributed by atoms with E-state index < -0.39 is 28.7 Å². The summed E-state index contributed by atoms with van der Waals surface area (Å²) in [7, 11) is 1.57. The number of rotatable bonds is 8. The number of thioether (sulfide) groups is 1. The number of carbonyl (C=O) groups is 3. The number of carbonyl (C=O) groups excluding carboxylic acids is 3. The number of nitrogens with one attached hydrogen (secondary N) is 1. The number of hydrogen-bond acceptors (Lipinski definition) is 7. The minimum atomic E-state index is -0.809. The van der Waals surface area contributed by atoms with E-state index in [9.17, 15) is 19.5 Å². The number of nitrogens with zero attached hydrogens (tertiary/aromatic N) is 1. The number of fused-ring (bicyclic) bond motifs is 1. The molecule has 3 saturated heterocycles. The molecule has 0 aliphatic carbocycles. The fourth-order valence-corrected chi connectivity index (χ4v) is 8.52. The van der Waals surface area contributed by atoms with Crippen molar-refractivity contribution in [1.29, 1.82) is 0 Å². The molecular formula is C25H34N2O6S. The summed E-state index contributed by atoms with van der Waals surface area (Å²) in [6.07, 6.45) is 0.740. The van der Waals surface area contributed by atoms with Gasteiger partial charge in [-0.05, 0) is 49.4 Å². The molecule has 3 unspecified atom stereocenters. The Bertz CT molecular complexity index is 953. The van der Waals surface area contributed by atoms with E-state index in [1.54, 1.807) is 55.0 Å². The smallest absolute Gasteiger partial charge is 0.310 e. The van der Waals surface area contributed by atoms with Crippen LogP contribution in [0.25, 0.3) is 0 Å². The van der Waals surface area contributed by atoms with Gasteiger partial charge in [-0.25, -0.2) is 0 Å². The first-order valence-corrected chi connectivity index (χ1v) is 12.8. The number of anilines is 1. The van der Waals surface area contributed by atoms with Crippen LogP contribution in [0, 0.1) is 23.7 Å². The third-order valence-electron chi connectivity index (χ3n) is 7.66. The van der Waals surface area contributed by atoms with E-state index in [2.05, 4.69) is 12.2 Å².